The van der Waals surface area contributed by atoms with Gasteiger partial charge >= 0.3 is 0 Å². The van der Waals surface area contributed by atoms with Gasteiger partial charge in [0, 0.05) is 29.2 Å². The van der Waals surface area contributed by atoms with Crippen LogP contribution in [0.5, 0.6) is 0 Å². The molecule has 1 amide bonds. The molecule has 0 aliphatic carbocycles. The molecule has 1 aromatic rings. The van der Waals surface area contributed by atoms with E-state index in [2.05, 4.69) is 62.9 Å². The molecule has 138 valence electrons. The van der Waals surface area contributed by atoms with Gasteiger partial charge in [-0.15, -0.1) is 0 Å². The summed E-state index contributed by atoms with van der Waals surface area (Å²) in [6.07, 6.45) is 1.56. The van der Waals surface area contributed by atoms with E-state index in [0.29, 0.717) is 11.0 Å². The third kappa shape index (κ3) is 2.51. The Morgan fingerprint density at radius 2 is 1.92 bits per heavy atom. The number of carbonyl (C=O) groups excluding carboxylic acids is 1. The number of halogens is 1. The number of hydrazine groups is 1. The van der Waals surface area contributed by atoms with Crippen LogP contribution in [0.25, 0.3) is 0 Å². The van der Waals surface area contributed by atoms with E-state index in [9.17, 15) is 4.79 Å². The molecule has 26 heavy (non-hydrogen) atoms. The molecule has 2 atom stereocenters. The van der Waals surface area contributed by atoms with Crippen molar-refractivity contribution in [3.63, 3.8) is 0 Å². The lowest BCUT2D eigenvalue weighted by Gasteiger charge is -2.58. The lowest BCUT2D eigenvalue weighted by atomic mass is 9.78. The summed E-state index contributed by atoms with van der Waals surface area (Å²) in [5, 5.41) is 8.55. The largest absolute Gasteiger partial charge is 0.380 e. The molecular formula is C18H22BrN5O2. The van der Waals surface area contributed by atoms with E-state index in [4.69, 9.17) is 4.74 Å². The highest BCUT2D eigenvalue weighted by Crippen LogP contribution is 2.38. The third-order valence-electron chi connectivity index (χ3n) is 5.66. The molecule has 5 rings (SSSR count). The van der Waals surface area contributed by atoms with Gasteiger partial charge in [0.2, 0.25) is 0 Å². The Balaban J connectivity index is 1.33. The maximum absolute atomic E-state index is 12.6. The molecule has 3 fully saturated rings. The molecule has 2 unspecified atom stereocenters. The molecule has 1 aromatic carbocycles. The molecule has 0 saturated carbocycles. The summed E-state index contributed by atoms with van der Waals surface area (Å²) in [5.74, 6) is -0.0213. The molecular weight excluding hydrogens is 398 g/mol. The average Bonchev–Trinajstić information content (AvgIpc) is 2.87. The Labute approximate surface area is 160 Å². The molecule has 4 aliphatic rings. The average molecular weight is 420 g/mol. The van der Waals surface area contributed by atoms with Gasteiger partial charge in [0.25, 0.3) is 5.91 Å². The van der Waals surface area contributed by atoms with E-state index < -0.39 is 0 Å². The molecule has 7 nitrogen and oxygen atoms in total. The fourth-order valence-corrected chi connectivity index (χ4v) is 5.05. The fourth-order valence-electron chi connectivity index (χ4n) is 4.36. The number of aryl methyl sites for hydroxylation is 2. The summed E-state index contributed by atoms with van der Waals surface area (Å²) < 4.78 is 6.39. The molecule has 0 aromatic heterocycles. The first-order chi connectivity index (χ1) is 12.4. The van der Waals surface area contributed by atoms with Gasteiger partial charge in [-0.25, -0.2) is 5.43 Å². The number of nitrogens with one attached hydrogen (secondary N) is 3. The van der Waals surface area contributed by atoms with Crippen LogP contribution in [0.15, 0.2) is 28.4 Å². The Hall–Kier alpha value is -1.45. The van der Waals surface area contributed by atoms with E-state index in [1.807, 2.05) is 11.2 Å². The summed E-state index contributed by atoms with van der Waals surface area (Å²) in [6, 6.07) is 4.17. The summed E-state index contributed by atoms with van der Waals surface area (Å²) >= 11 is 3.54. The minimum atomic E-state index is -0.189. The van der Waals surface area contributed by atoms with Gasteiger partial charge in [0.15, 0.2) is 0 Å². The van der Waals surface area contributed by atoms with Gasteiger partial charge in [-0.3, -0.25) is 20.0 Å². The zero-order valence-corrected chi connectivity index (χ0v) is 16.4. The number of rotatable bonds is 2. The van der Waals surface area contributed by atoms with Crippen LogP contribution in [-0.4, -0.2) is 49.6 Å². The first-order valence-corrected chi connectivity index (χ1v) is 9.66. The number of amides is 1. The lowest BCUT2D eigenvalue weighted by Crippen LogP contribution is -2.76. The second kappa shape index (κ2) is 5.77. The van der Waals surface area contributed by atoms with E-state index in [-0.39, 0.29) is 18.4 Å². The highest BCUT2D eigenvalue weighted by molar-refractivity contribution is 9.10. The van der Waals surface area contributed by atoms with Crippen LogP contribution in [0, 0.1) is 19.3 Å². The maximum Gasteiger partial charge on any atom is 0.254 e. The predicted molar refractivity (Wildman–Crippen MR) is 101 cm³/mol. The quantitative estimate of drug-likeness (QED) is 0.662. The van der Waals surface area contributed by atoms with Crippen LogP contribution >= 0.6 is 15.9 Å². The minimum absolute atomic E-state index is 0.0213. The van der Waals surface area contributed by atoms with E-state index in [1.165, 1.54) is 0 Å². The second-order valence-corrected chi connectivity index (χ2v) is 8.76. The number of benzene rings is 1. The number of likely N-dealkylation sites (tertiary alicyclic amines) is 1. The monoisotopic (exact) mass is 419 g/mol. The second-order valence-electron chi connectivity index (χ2n) is 7.85. The van der Waals surface area contributed by atoms with Crippen LogP contribution < -0.4 is 21.1 Å². The SMILES string of the molecule is Cc1cc(Br)cc(C)c1N1C=C2C(=O)NC(N3CC4(COC4)C3)NC2N1. The van der Waals surface area contributed by atoms with Gasteiger partial charge in [-0.05, 0) is 37.1 Å². The Bertz CT molecular complexity index is 791. The number of carbonyl (C=O) groups is 1. The zero-order valence-electron chi connectivity index (χ0n) is 14.8. The standard InChI is InChI=1S/C18H22BrN5O2/c1-10-3-12(19)4-11(2)14(10)24-5-13-15(22-24)20-17(21-16(13)25)23-6-18(7-23)8-26-9-18/h3-5,15,17,20,22H,6-9H2,1-2H3,(H,21,25). The topological polar surface area (TPSA) is 68.9 Å². The summed E-state index contributed by atoms with van der Waals surface area (Å²) in [6.45, 7) is 7.76. The number of anilines is 1. The lowest BCUT2D eigenvalue weighted by molar-refractivity contribution is -0.205. The minimum Gasteiger partial charge on any atom is -0.380 e. The number of nitrogens with zero attached hydrogens (tertiary/aromatic N) is 2. The van der Waals surface area contributed by atoms with Crippen LogP contribution in [0.1, 0.15) is 11.1 Å². The number of ether oxygens (including phenoxy) is 1. The van der Waals surface area contributed by atoms with E-state index in [0.717, 1.165) is 47.6 Å². The van der Waals surface area contributed by atoms with Gasteiger partial charge in [0.1, 0.15) is 12.5 Å². The smallest absolute Gasteiger partial charge is 0.254 e. The van der Waals surface area contributed by atoms with Crippen LogP contribution in [0.3, 0.4) is 0 Å². The zero-order chi connectivity index (χ0) is 18.1. The van der Waals surface area contributed by atoms with Gasteiger partial charge in [0.05, 0.1) is 24.5 Å². The molecule has 1 spiro atoms. The van der Waals surface area contributed by atoms with Crippen molar-refractivity contribution in [2.75, 3.05) is 31.3 Å². The highest BCUT2D eigenvalue weighted by Gasteiger charge is 2.52. The van der Waals surface area contributed by atoms with Crippen molar-refractivity contribution < 1.29 is 9.53 Å². The van der Waals surface area contributed by atoms with Crippen molar-refractivity contribution in [1.29, 1.82) is 0 Å². The molecule has 3 saturated heterocycles. The molecule has 3 N–H and O–H groups in total. The van der Waals surface area contributed by atoms with Crippen molar-refractivity contribution in [2.24, 2.45) is 5.41 Å². The van der Waals surface area contributed by atoms with Gasteiger partial charge in [-0.2, -0.15) is 0 Å². The molecule has 8 heteroatoms. The van der Waals surface area contributed by atoms with Crippen LogP contribution in [-0.2, 0) is 9.53 Å². The van der Waals surface area contributed by atoms with Gasteiger partial charge < -0.3 is 10.1 Å². The van der Waals surface area contributed by atoms with Crippen LogP contribution in [0.2, 0.25) is 0 Å². The Morgan fingerprint density at radius 3 is 2.54 bits per heavy atom. The van der Waals surface area contributed by atoms with Crippen molar-refractivity contribution in [3.8, 4) is 0 Å². The summed E-state index contributed by atoms with van der Waals surface area (Å²) in [7, 11) is 0. The fraction of sp³-hybridized carbons (Fsp3) is 0.500. The summed E-state index contributed by atoms with van der Waals surface area (Å²) in [4.78, 5) is 14.9. The Morgan fingerprint density at radius 1 is 1.23 bits per heavy atom. The molecule has 4 aliphatic heterocycles. The van der Waals surface area contributed by atoms with Crippen molar-refractivity contribution in [1.82, 2.24) is 21.0 Å². The third-order valence-corrected chi connectivity index (χ3v) is 6.12. The van der Waals surface area contributed by atoms with Crippen LogP contribution in [0.4, 0.5) is 5.69 Å². The van der Waals surface area contributed by atoms with Crippen molar-refractivity contribution in [3.05, 3.63) is 39.5 Å². The number of hydrogen-bond acceptors (Lipinski definition) is 6. The molecule has 0 radical (unpaired) electrons. The van der Waals surface area contributed by atoms with Crippen molar-refractivity contribution >= 4 is 27.5 Å². The number of fused-ring (bicyclic) bond motifs is 1. The first kappa shape index (κ1) is 16.7. The van der Waals surface area contributed by atoms with E-state index >= 15 is 0 Å². The van der Waals surface area contributed by atoms with Gasteiger partial charge in [-0.1, -0.05) is 15.9 Å². The van der Waals surface area contributed by atoms with E-state index in [1.54, 1.807) is 0 Å². The normalized spacial score (nSPS) is 29.7. The molecule has 4 heterocycles. The maximum atomic E-state index is 12.6. The number of hydrogen-bond donors (Lipinski definition) is 3. The molecule has 0 bridgehead atoms. The first-order valence-electron chi connectivity index (χ1n) is 8.87. The Kier molecular flexibility index (Phi) is 3.71. The summed E-state index contributed by atoms with van der Waals surface area (Å²) in [5.41, 5.74) is 7.83. The highest BCUT2D eigenvalue weighted by atomic mass is 79.9. The predicted octanol–water partition coefficient (Wildman–Crippen LogP) is 0.936. The van der Waals surface area contributed by atoms with Crippen molar-refractivity contribution in [2.45, 2.75) is 26.3 Å².